The molecule has 0 radical (unpaired) electrons. The average molecular weight is 262 g/mol. The molecule has 0 saturated carbocycles. The SMILES string of the molecule is Nc1nc(C(C=O)=NOCc2ccccc2)ns1. The van der Waals surface area contributed by atoms with Crippen molar-refractivity contribution in [3.05, 3.63) is 41.7 Å². The molecule has 18 heavy (non-hydrogen) atoms. The van der Waals surface area contributed by atoms with Crippen LogP contribution in [0.3, 0.4) is 0 Å². The zero-order chi connectivity index (χ0) is 12.8. The third-order valence-electron chi connectivity index (χ3n) is 2.02. The van der Waals surface area contributed by atoms with Gasteiger partial charge >= 0.3 is 0 Å². The molecule has 0 unspecified atom stereocenters. The molecular weight excluding hydrogens is 252 g/mol. The number of benzene rings is 1. The minimum absolute atomic E-state index is 0.0267. The monoisotopic (exact) mass is 262 g/mol. The van der Waals surface area contributed by atoms with E-state index in [2.05, 4.69) is 14.5 Å². The lowest BCUT2D eigenvalue weighted by Crippen LogP contribution is -2.06. The third-order valence-corrected chi connectivity index (χ3v) is 2.56. The van der Waals surface area contributed by atoms with E-state index in [1.165, 1.54) is 0 Å². The Morgan fingerprint density at radius 1 is 1.44 bits per heavy atom. The zero-order valence-corrected chi connectivity index (χ0v) is 10.1. The molecule has 0 fully saturated rings. The van der Waals surface area contributed by atoms with Crippen molar-refractivity contribution in [2.24, 2.45) is 5.16 Å². The molecular formula is C11H10N4O2S. The predicted molar refractivity (Wildman–Crippen MR) is 68.2 cm³/mol. The topological polar surface area (TPSA) is 90.5 Å². The summed E-state index contributed by atoms with van der Waals surface area (Å²) in [7, 11) is 0. The molecule has 0 saturated heterocycles. The molecule has 1 aromatic heterocycles. The van der Waals surface area contributed by atoms with Gasteiger partial charge in [0.05, 0.1) is 0 Å². The van der Waals surface area contributed by atoms with E-state index in [0.29, 0.717) is 6.29 Å². The van der Waals surface area contributed by atoms with Crippen LogP contribution in [0.1, 0.15) is 11.4 Å². The maximum Gasteiger partial charge on any atom is 0.200 e. The van der Waals surface area contributed by atoms with E-state index in [9.17, 15) is 4.79 Å². The summed E-state index contributed by atoms with van der Waals surface area (Å²) in [4.78, 5) is 19.8. The van der Waals surface area contributed by atoms with Gasteiger partial charge < -0.3 is 10.6 Å². The van der Waals surface area contributed by atoms with Gasteiger partial charge in [0.25, 0.3) is 0 Å². The molecule has 0 bridgehead atoms. The summed E-state index contributed by atoms with van der Waals surface area (Å²) in [6.07, 6.45) is 0.534. The van der Waals surface area contributed by atoms with Crippen molar-refractivity contribution >= 4 is 28.7 Å². The van der Waals surface area contributed by atoms with E-state index < -0.39 is 0 Å². The van der Waals surface area contributed by atoms with Crippen LogP contribution in [0.5, 0.6) is 0 Å². The molecule has 7 heteroatoms. The van der Waals surface area contributed by atoms with Gasteiger partial charge in [-0.25, -0.2) is 0 Å². The van der Waals surface area contributed by atoms with Crippen LogP contribution < -0.4 is 5.73 Å². The van der Waals surface area contributed by atoms with Crippen molar-refractivity contribution in [2.75, 3.05) is 5.73 Å². The summed E-state index contributed by atoms with van der Waals surface area (Å²) in [5, 5.41) is 3.98. The van der Waals surface area contributed by atoms with Crippen LogP contribution in [0, 0.1) is 0 Å². The Morgan fingerprint density at radius 3 is 2.83 bits per heavy atom. The van der Waals surface area contributed by atoms with Crippen molar-refractivity contribution in [1.29, 1.82) is 0 Å². The minimum Gasteiger partial charge on any atom is -0.390 e. The lowest BCUT2D eigenvalue weighted by molar-refractivity contribution is -0.102. The van der Waals surface area contributed by atoms with Crippen LogP contribution >= 0.6 is 11.5 Å². The number of rotatable bonds is 5. The van der Waals surface area contributed by atoms with Crippen LogP contribution in [0.4, 0.5) is 5.13 Å². The molecule has 0 aliphatic carbocycles. The summed E-state index contributed by atoms with van der Waals surface area (Å²) >= 11 is 0.999. The molecule has 6 nitrogen and oxygen atoms in total. The molecule has 1 aromatic carbocycles. The molecule has 0 aliphatic heterocycles. The smallest absolute Gasteiger partial charge is 0.200 e. The summed E-state index contributed by atoms with van der Waals surface area (Å²) < 4.78 is 3.88. The number of aldehydes is 1. The molecule has 0 aliphatic rings. The fraction of sp³-hybridized carbons (Fsp3) is 0.0909. The van der Waals surface area contributed by atoms with Crippen molar-refractivity contribution in [3.63, 3.8) is 0 Å². The van der Waals surface area contributed by atoms with Gasteiger partial charge in [-0.05, 0) is 5.56 Å². The molecule has 2 N–H and O–H groups in total. The van der Waals surface area contributed by atoms with Crippen molar-refractivity contribution in [2.45, 2.75) is 6.61 Å². The number of nitrogens with zero attached hydrogens (tertiary/aromatic N) is 3. The van der Waals surface area contributed by atoms with E-state index >= 15 is 0 Å². The van der Waals surface area contributed by atoms with Gasteiger partial charge in [0.15, 0.2) is 23.0 Å². The number of hydrogen-bond donors (Lipinski definition) is 1. The molecule has 1 heterocycles. The molecule has 0 spiro atoms. The summed E-state index contributed by atoms with van der Waals surface area (Å²) in [6, 6.07) is 9.49. The van der Waals surface area contributed by atoms with Gasteiger partial charge in [0.1, 0.15) is 6.61 Å². The Balaban J connectivity index is 2.01. The molecule has 0 amide bonds. The Kier molecular flexibility index (Phi) is 3.98. The Hall–Kier alpha value is -2.28. The number of nitrogens with two attached hydrogens (primary N) is 1. The third kappa shape index (κ3) is 3.11. The van der Waals surface area contributed by atoms with Crippen molar-refractivity contribution < 1.29 is 9.63 Å². The molecule has 2 aromatic rings. The van der Waals surface area contributed by atoms with E-state index in [0.717, 1.165) is 17.1 Å². The molecule has 0 atom stereocenters. The number of nitrogen functional groups attached to an aromatic ring is 1. The van der Waals surface area contributed by atoms with Gasteiger partial charge in [-0.3, -0.25) is 4.79 Å². The Labute approximate surface area is 107 Å². The van der Waals surface area contributed by atoms with E-state index in [4.69, 9.17) is 10.6 Å². The van der Waals surface area contributed by atoms with Crippen molar-refractivity contribution in [3.8, 4) is 0 Å². The minimum atomic E-state index is 0.0267. The first-order chi connectivity index (χ1) is 8.79. The number of hydrogen-bond acceptors (Lipinski definition) is 7. The highest BCUT2D eigenvalue weighted by atomic mass is 32.1. The lowest BCUT2D eigenvalue weighted by Gasteiger charge is -1.99. The maximum atomic E-state index is 10.8. The van der Waals surface area contributed by atoms with Crippen LogP contribution in [-0.2, 0) is 16.2 Å². The number of oxime groups is 1. The summed E-state index contributed by atoms with van der Waals surface area (Å²) in [5.74, 6) is 0.181. The van der Waals surface area contributed by atoms with Crippen LogP contribution in [0.2, 0.25) is 0 Å². The largest absolute Gasteiger partial charge is 0.390 e. The van der Waals surface area contributed by atoms with E-state index in [1.807, 2.05) is 30.3 Å². The van der Waals surface area contributed by atoms with Crippen LogP contribution in [0.15, 0.2) is 35.5 Å². The second kappa shape index (κ2) is 5.87. The van der Waals surface area contributed by atoms with Gasteiger partial charge in [-0.15, -0.1) is 0 Å². The highest BCUT2D eigenvalue weighted by Gasteiger charge is 2.09. The normalized spacial score (nSPS) is 11.2. The standard InChI is InChI=1S/C11H10N4O2S/c12-11-13-10(15-18-11)9(6-16)14-17-7-8-4-2-1-3-5-8/h1-6H,7H2,(H2,12,13,15). The number of aromatic nitrogens is 2. The number of carbonyl (C=O) groups excluding carboxylic acids is 1. The first-order valence-corrected chi connectivity index (χ1v) is 5.85. The predicted octanol–water partition coefficient (Wildman–Crippen LogP) is 1.24. The van der Waals surface area contributed by atoms with E-state index in [1.54, 1.807) is 0 Å². The highest BCUT2D eigenvalue weighted by Crippen LogP contribution is 2.07. The van der Waals surface area contributed by atoms with E-state index in [-0.39, 0.29) is 23.3 Å². The van der Waals surface area contributed by atoms with Gasteiger partial charge in [-0.2, -0.15) is 9.36 Å². The second-order valence-corrected chi connectivity index (χ2v) is 4.09. The Morgan fingerprint density at radius 2 is 2.22 bits per heavy atom. The van der Waals surface area contributed by atoms with Gasteiger partial charge in [-0.1, -0.05) is 35.5 Å². The molecule has 92 valence electrons. The average Bonchev–Trinajstić information content (AvgIpc) is 2.82. The lowest BCUT2D eigenvalue weighted by atomic mass is 10.2. The fourth-order valence-corrected chi connectivity index (χ4v) is 1.65. The first kappa shape index (κ1) is 12.2. The quantitative estimate of drug-likeness (QED) is 0.497. The number of carbonyl (C=O) groups is 1. The van der Waals surface area contributed by atoms with Gasteiger partial charge in [0, 0.05) is 11.5 Å². The summed E-state index contributed by atoms with van der Waals surface area (Å²) in [5.41, 5.74) is 6.41. The molecule has 2 rings (SSSR count). The summed E-state index contributed by atoms with van der Waals surface area (Å²) in [6.45, 7) is 0.276. The fourth-order valence-electron chi connectivity index (χ4n) is 1.20. The Bertz CT molecular complexity index is 553. The highest BCUT2D eigenvalue weighted by molar-refractivity contribution is 7.09. The zero-order valence-electron chi connectivity index (χ0n) is 9.31. The second-order valence-electron chi connectivity index (χ2n) is 3.31. The first-order valence-electron chi connectivity index (χ1n) is 5.08. The van der Waals surface area contributed by atoms with Crippen molar-refractivity contribution in [1.82, 2.24) is 9.36 Å². The van der Waals surface area contributed by atoms with Crippen LogP contribution in [0.25, 0.3) is 0 Å². The number of anilines is 1. The van der Waals surface area contributed by atoms with Gasteiger partial charge in [0.2, 0.25) is 0 Å². The van der Waals surface area contributed by atoms with Crippen LogP contribution in [-0.4, -0.2) is 21.4 Å². The maximum absolute atomic E-state index is 10.8.